The summed E-state index contributed by atoms with van der Waals surface area (Å²) >= 11 is 0. The summed E-state index contributed by atoms with van der Waals surface area (Å²) in [6.45, 7) is 1.29. The SMILES string of the molecule is N#Cc1cc(C(=O)N2CC(C3CCCCC3)C2)cnc1C(F)(F)F. The molecule has 0 aromatic carbocycles. The molecule has 4 nitrogen and oxygen atoms in total. The zero-order valence-corrected chi connectivity index (χ0v) is 13.1. The Morgan fingerprint density at radius 1 is 1.21 bits per heavy atom. The molecule has 2 heterocycles. The van der Waals surface area contributed by atoms with Crippen molar-refractivity contribution in [3.8, 4) is 6.07 Å². The number of pyridine rings is 1. The topological polar surface area (TPSA) is 57.0 Å². The van der Waals surface area contributed by atoms with Crippen molar-refractivity contribution in [1.29, 1.82) is 5.26 Å². The normalized spacial score (nSPS) is 19.7. The molecule has 0 spiro atoms. The average molecular weight is 337 g/mol. The maximum atomic E-state index is 12.8. The molecule has 1 saturated heterocycles. The summed E-state index contributed by atoms with van der Waals surface area (Å²) in [5, 5.41) is 8.90. The first-order valence-electron chi connectivity index (χ1n) is 8.16. The van der Waals surface area contributed by atoms with Gasteiger partial charge in [0.2, 0.25) is 0 Å². The predicted molar refractivity (Wildman–Crippen MR) is 79.9 cm³/mol. The Morgan fingerprint density at radius 3 is 2.46 bits per heavy atom. The van der Waals surface area contributed by atoms with Crippen LogP contribution in [0.2, 0.25) is 0 Å². The Hall–Kier alpha value is -2.10. The van der Waals surface area contributed by atoms with Crippen molar-refractivity contribution in [2.75, 3.05) is 13.1 Å². The van der Waals surface area contributed by atoms with Crippen LogP contribution in [0.3, 0.4) is 0 Å². The molecule has 1 amide bonds. The summed E-state index contributed by atoms with van der Waals surface area (Å²) in [4.78, 5) is 17.3. The molecule has 0 atom stereocenters. The summed E-state index contributed by atoms with van der Waals surface area (Å²) < 4.78 is 38.3. The van der Waals surface area contributed by atoms with Gasteiger partial charge in [-0.25, -0.2) is 4.98 Å². The second kappa shape index (κ2) is 6.42. The van der Waals surface area contributed by atoms with Gasteiger partial charge in [-0.2, -0.15) is 18.4 Å². The fourth-order valence-corrected chi connectivity index (χ4v) is 3.66. The first-order valence-corrected chi connectivity index (χ1v) is 8.16. The van der Waals surface area contributed by atoms with Gasteiger partial charge < -0.3 is 4.90 Å². The van der Waals surface area contributed by atoms with Gasteiger partial charge in [0.25, 0.3) is 5.91 Å². The number of nitrogens with zero attached hydrogens (tertiary/aromatic N) is 3. The predicted octanol–water partition coefficient (Wildman–Crippen LogP) is 3.62. The maximum absolute atomic E-state index is 12.8. The quantitative estimate of drug-likeness (QED) is 0.828. The number of likely N-dealkylation sites (tertiary alicyclic amines) is 1. The zero-order chi connectivity index (χ0) is 17.3. The number of hydrogen-bond donors (Lipinski definition) is 0. The molecule has 1 aromatic rings. The molecule has 1 saturated carbocycles. The van der Waals surface area contributed by atoms with Crippen LogP contribution >= 0.6 is 0 Å². The van der Waals surface area contributed by atoms with Gasteiger partial charge in [0, 0.05) is 19.3 Å². The smallest absolute Gasteiger partial charge is 0.338 e. The first-order chi connectivity index (χ1) is 11.4. The minimum atomic E-state index is -4.70. The van der Waals surface area contributed by atoms with E-state index in [1.165, 1.54) is 38.2 Å². The fraction of sp³-hybridized carbons (Fsp3) is 0.588. The third kappa shape index (κ3) is 3.23. The van der Waals surface area contributed by atoms with E-state index in [1.54, 1.807) is 4.90 Å². The molecule has 1 aliphatic heterocycles. The average Bonchev–Trinajstić information content (AvgIpc) is 2.53. The van der Waals surface area contributed by atoms with E-state index < -0.39 is 17.4 Å². The van der Waals surface area contributed by atoms with Gasteiger partial charge >= 0.3 is 6.18 Å². The zero-order valence-electron chi connectivity index (χ0n) is 13.1. The highest BCUT2D eigenvalue weighted by Gasteiger charge is 2.39. The Bertz CT molecular complexity index is 669. The van der Waals surface area contributed by atoms with Crippen molar-refractivity contribution in [3.05, 3.63) is 29.1 Å². The van der Waals surface area contributed by atoms with E-state index in [2.05, 4.69) is 4.98 Å². The van der Waals surface area contributed by atoms with Crippen LogP contribution < -0.4 is 0 Å². The molecule has 0 radical (unpaired) electrons. The number of alkyl halides is 3. The highest BCUT2D eigenvalue weighted by Crippen LogP contribution is 2.36. The van der Waals surface area contributed by atoms with E-state index in [4.69, 9.17) is 5.26 Å². The van der Waals surface area contributed by atoms with E-state index in [1.807, 2.05) is 0 Å². The molecule has 2 aliphatic rings. The standard InChI is InChI=1S/C17H18F3N3O/c18-17(19,20)15-12(7-21)6-13(8-22-15)16(24)23-9-14(10-23)11-4-2-1-3-5-11/h6,8,11,14H,1-5,9-10H2. The van der Waals surface area contributed by atoms with Crippen LogP contribution in [0.25, 0.3) is 0 Å². The van der Waals surface area contributed by atoms with Crippen molar-refractivity contribution in [2.24, 2.45) is 11.8 Å². The van der Waals surface area contributed by atoms with Crippen LogP contribution in [0.4, 0.5) is 13.2 Å². The molecule has 24 heavy (non-hydrogen) atoms. The molecular formula is C17H18F3N3O. The van der Waals surface area contributed by atoms with E-state index in [9.17, 15) is 18.0 Å². The summed E-state index contributed by atoms with van der Waals surface area (Å²) in [5.74, 6) is 0.801. The Kier molecular flexibility index (Phi) is 4.48. The molecular weight excluding hydrogens is 319 g/mol. The number of aromatic nitrogens is 1. The largest absolute Gasteiger partial charge is 0.434 e. The Morgan fingerprint density at radius 2 is 1.88 bits per heavy atom. The lowest BCUT2D eigenvalue weighted by Crippen LogP contribution is -2.53. The Labute approximate surface area is 138 Å². The van der Waals surface area contributed by atoms with Crippen LogP contribution in [0.1, 0.15) is 53.7 Å². The lowest BCUT2D eigenvalue weighted by molar-refractivity contribution is -0.141. The number of hydrogen-bond acceptors (Lipinski definition) is 3. The summed E-state index contributed by atoms with van der Waals surface area (Å²) in [5.41, 5.74) is -1.82. The van der Waals surface area contributed by atoms with Crippen molar-refractivity contribution in [1.82, 2.24) is 9.88 Å². The van der Waals surface area contributed by atoms with Crippen LogP contribution in [0, 0.1) is 23.2 Å². The number of nitriles is 1. The molecule has 7 heteroatoms. The minimum Gasteiger partial charge on any atom is -0.338 e. The van der Waals surface area contributed by atoms with E-state index in [-0.39, 0.29) is 11.5 Å². The number of amides is 1. The molecule has 0 unspecified atom stereocenters. The monoisotopic (exact) mass is 337 g/mol. The van der Waals surface area contributed by atoms with Gasteiger partial charge in [0.05, 0.1) is 11.1 Å². The molecule has 1 aromatic heterocycles. The molecule has 1 aliphatic carbocycles. The van der Waals surface area contributed by atoms with Crippen molar-refractivity contribution in [3.63, 3.8) is 0 Å². The summed E-state index contributed by atoms with van der Waals surface area (Å²) in [7, 11) is 0. The molecule has 2 fully saturated rings. The first kappa shape index (κ1) is 16.7. The fourth-order valence-electron chi connectivity index (χ4n) is 3.66. The highest BCUT2D eigenvalue weighted by atomic mass is 19.4. The van der Waals surface area contributed by atoms with Gasteiger partial charge in [-0.15, -0.1) is 0 Å². The highest BCUT2D eigenvalue weighted by molar-refractivity contribution is 5.94. The summed E-state index contributed by atoms with van der Waals surface area (Å²) in [6.07, 6.45) is 2.38. The second-order valence-corrected chi connectivity index (χ2v) is 6.60. The molecule has 0 bridgehead atoms. The Balaban J connectivity index is 1.67. The maximum Gasteiger partial charge on any atom is 0.434 e. The van der Waals surface area contributed by atoms with Gasteiger partial charge in [0.15, 0.2) is 5.69 Å². The molecule has 128 valence electrons. The number of carbonyl (C=O) groups is 1. The van der Waals surface area contributed by atoms with Gasteiger partial charge in [-0.05, 0) is 17.9 Å². The van der Waals surface area contributed by atoms with Crippen molar-refractivity contribution < 1.29 is 18.0 Å². The summed E-state index contributed by atoms with van der Waals surface area (Å²) in [6, 6.07) is 2.47. The molecule has 3 rings (SSSR count). The van der Waals surface area contributed by atoms with Crippen LogP contribution in [0.15, 0.2) is 12.3 Å². The number of rotatable bonds is 2. The van der Waals surface area contributed by atoms with Gasteiger partial charge in [-0.3, -0.25) is 4.79 Å². The van der Waals surface area contributed by atoms with E-state index in [0.717, 1.165) is 12.3 Å². The third-order valence-electron chi connectivity index (χ3n) is 5.04. The third-order valence-corrected chi connectivity index (χ3v) is 5.04. The van der Waals surface area contributed by atoms with Crippen LogP contribution in [-0.4, -0.2) is 28.9 Å². The van der Waals surface area contributed by atoms with Crippen molar-refractivity contribution >= 4 is 5.91 Å². The van der Waals surface area contributed by atoms with E-state index in [0.29, 0.717) is 24.9 Å². The lowest BCUT2D eigenvalue weighted by Gasteiger charge is -2.44. The second-order valence-electron chi connectivity index (χ2n) is 6.60. The van der Waals surface area contributed by atoms with Crippen LogP contribution in [0.5, 0.6) is 0 Å². The number of carbonyl (C=O) groups excluding carboxylic acids is 1. The minimum absolute atomic E-state index is 0.0432. The van der Waals surface area contributed by atoms with Crippen molar-refractivity contribution in [2.45, 2.75) is 38.3 Å². The van der Waals surface area contributed by atoms with Gasteiger partial charge in [0.1, 0.15) is 6.07 Å². The number of halogens is 3. The van der Waals surface area contributed by atoms with E-state index >= 15 is 0 Å². The molecule has 0 N–H and O–H groups in total. The lowest BCUT2D eigenvalue weighted by atomic mass is 9.76. The van der Waals surface area contributed by atoms with Crippen LogP contribution in [-0.2, 0) is 6.18 Å². The van der Waals surface area contributed by atoms with Gasteiger partial charge in [-0.1, -0.05) is 32.1 Å².